The summed E-state index contributed by atoms with van der Waals surface area (Å²) in [5, 5.41) is 6.59. The molecule has 1 heterocycles. The number of thiazole rings is 1. The average molecular weight is 339 g/mol. The molecule has 0 aliphatic rings. The topological polar surface area (TPSA) is 51.2 Å². The highest BCUT2D eigenvalue weighted by Crippen LogP contribution is 2.16. The van der Waals surface area contributed by atoms with E-state index in [2.05, 4.69) is 10.3 Å². The Morgan fingerprint density at radius 1 is 1.36 bits per heavy atom. The third kappa shape index (κ3) is 5.75. The van der Waals surface area contributed by atoms with E-state index in [9.17, 15) is 4.79 Å². The lowest BCUT2D eigenvalue weighted by atomic mass is 10.2. The first-order valence-electron chi connectivity index (χ1n) is 7.19. The van der Waals surface area contributed by atoms with Crippen LogP contribution in [0.15, 0.2) is 29.6 Å². The van der Waals surface area contributed by atoms with E-state index in [4.69, 9.17) is 16.3 Å². The molecule has 0 saturated heterocycles. The first-order valence-corrected chi connectivity index (χ1v) is 8.45. The zero-order valence-electron chi connectivity index (χ0n) is 12.5. The summed E-state index contributed by atoms with van der Waals surface area (Å²) in [5.41, 5.74) is 2.06. The summed E-state index contributed by atoms with van der Waals surface area (Å²) < 4.78 is 5.15. The summed E-state index contributed by atoms with van der Waals surface area (Å²) in [5.74, 6) is -0.0132. The highest BCUT2D eigenvalue weighted by atomic mass is 35.5. The molecule has 0 spiro atoms. The maximum absolute atomic E-state index is 11.6. The largest absolute Gasteiger partial charge is 0.381 e. The average Bonchev–Trinajstić information content (AvgIpc) is 2.95. The number of ether oxygens (including phenoxy) is 1. The lowest BCUT2D eigenvalue weighted by Gasteiger charge is -2.03. The fourth-order valence-corrected chi connectivity index (χ4v) is 2.83. The number of hydrogen-bond acceptors (Lipinski definition) is 4. The normalized spacial score (nSPS) is 10.6. The van der Waals surface area contributed by atoms with Crippen LogP contribution in [0.4, 0.5) is 0 Å². The van der Waals surface area contributed by atoms with Gasteiger partial charge in [-0.25, -0.2) is 4.98 Å². The summed E-state index contributed by atoms with van der Waals surface area (Å²) in [6.45, 7) is 3.46. The number of aromatic nitrogens is 1. The van der Waals surface area contributed by atoms with Gasteiger partial charge in [-0.2, -0.15) is 0 Å². The Hall–Kier alpha value is -1.43. The van der Waals surface area contributed by atoms with Gasteiger partial charge in [0.1, 0.15) is 0 Å². The summed E-state index contributed by atoms with van der Waals surface area (Å²) in [6, 6.07) is 7.76. The number of carbonyl (C=O) groups excluding carboxylic acids is 1. The molecule has 0 aliphatic carbocycles. The lowest BCUT2D eigenvalue weighted by Crippen LogP contribution is -2.24. The second kappa shape index (κ2) is 8.88. The molecule has 1 amide bonds. The molecule has 2 aromatic rings. The first-order chi connectivity index (χ1) is 10.7. The van der Waals surface area contributed by atoms with E-state index in [1.54, 1.807) is 11.3 Å². The van der Waals surface area contributed by atoms with Crippen LogP contribution in [-0.2, 0) is 22.5 Å². The molecule has 1 N–H and O–H groups in total. The fraction of sp³-hybridized carbons (Fsp3) is 0.375. The highest BCUT2D eigenvalue weighted by Gasteiger charge is 2.06. The minimum absolute atomic E-state index is 0.0132. The maximum atomic E-state index is 11.6. The Morgan fingerprint density at radius 3 is 2.86 bits per heavy atom. The van der Waals surface area contributed by atoms with Crippen LogP contribution >= 0.6 is 22.9 Å². The van der Waals surface area contributed by atoms with Crippen molar-refractivity contribution < 1.29 is 9.53 Å². The Bertz CT molecular complexity index is 598. The molecule has 0 radical (unpaired) electrons. The third-order valence-corrected chi connectivity index (χ3v) is 4.16. The number of nitrogens with zero attached hydrogens (tertiary/aromatic N) is 1. The molecule has 2 rings (SSSR count). The van der Waals surface area contributed by atoms with Crippen LogP contribution in [0.25, 0.3) is 0 Å². The predicted molar refractivity (Wildman–Crippen MR) is 89.3 cm³/mol. The summed E-state index contributed by atoms with van der Waals surface area (Å²) >= 11 is 7.47. The standard InChI is InChI=1S/C16H19ClN2O2S/c1-2-21-8-7-15(20)18-10-14-11-22-16(19-14)9-12-3-5-13(17)6-4-12/h3-6,11H,2,7-10H2,1H3,(H,18,20). The van der Waals surface area contributed by atoms with Gasteiger partial charge in [0, 0.05) is 29.9 Å². The molecule has 0 aliphatic heterocycles. The Kier molecular flexibility index (Phi) is 6.83. The van der Waals surface area contributed by atoms with Gasteiger partial charge in [0.25, 0.3) is 0 Å². The van der Waals surface area contributed by atoms with Crippen molar-refractivity contribution in [3.63, 3.8) is 0 Å². The quantitative estimate of drug-likeness (QED) is 0.750. The zero-order valence-corrected chi connectivity index (χ0v) is 14.0. The molecular weight excluding hydrogens is 320 g/mol. The second-order valence-corrected chi connectivity index (χ2v) is 6.14. The fourth-order valence-electron chi connectivity index (χ4n) is 1.87. The predicted octanol–water partition coefficient (Wildman–Crippen LogP) is 3.43. The summed E-state index contributed by atoms with van der Waals surface area (Å²) in [7, 11) is 0. The van der Waals surface area contributed by atoms with Crippen molar-refractivity contribution in [2.75, 3.05) is 13.2 Å². The maximum Gasteiger partial charge on any atom is 0.222 e. The number of amides is 1. The molecule has 0 atom stereocenters. The molecule has 0 unspecified atom stereocenters. The van der Waals surface area contributed by atoms with Crippen LogP contribution in [0.2, 0.25) is 5.02 Å². The van der Waals surface area contributed by atoms with Crippen LogP contribution in [0, 0.1) is 0 Å². The zero-order chi connectivity index (χ0) is 15.8. The van der Waals surface area contributed by atoms with E-state index in [0.29, 0.717) is 26.2 Å². The highest BCUT2D eigenvalue weighted by molar-refractivity contribution is 7.09. The molecule has 1 aromatic carbocycles. The van der Waals surface area contributed by atoms with E-state index < -0.39 is 0 Å². The lowest BCUT2D eigenvalue weighted by molar-refractivity contribution is -0.122. The molecule has 0 fully saturated rings. The number of carbonyl (C=O) groups is 1. The molecule has 118 valence electrons. The Morgan fingerprint density at radius 2 is 2.14 bits per heavy atom. The van der Waals surface area contributed by atoms with E-state index in [1.807, 2.05) is 36.6 Å². The van der Waals surface area contributed by atoms with Crippen LogP contribution in [0.3, 0.4) is 0 Å². The van der Waals surface area contributed by atoms with E-state index in [1.165, 1.54) is 5.56 Å². The second-order valence-electron chi connectivity index (χ2n) is 4.76. The van der Waals surface area contributed by atoms with Gasteiger partial charge in [0.2, 0.25) is 5.91 Å². The monoisotopic (exact) mass is 338 g/mol. The van der Waals surface area contributed by atoms with Gasteiger partial charge >= 0.3 is 0 Å². The van der Waals surface area contributed by atoms with Gasteiger partial charge in [-0.15, -0.1) is 11.3 Å². The van der Waals surface area contributed by atoms with Crippen molar-refractivity contribution in [1.82, 2.24) is 10.3 Å². The van der Waals surface area contributed by atoms with Gasteiger partial charge in [-0.1, -0.05) is 23.7 Å². The van der Waals surface area contributed by atoms with Crippen molar-refractivity contribution in [3.05, 3.63) is 50.9 Å². The Balaban J connectivity index is 1.78. The number of hydrogen-bond donors (Lipinski definition) is 1. The number of benzene rings is 1. The molecule has 6 heteroatoms. The van der Waals surface area contributed by atoms with Crippen LogP contribution in [0.5, 0.6) is 0 Å². The summed E-state index contributed by atoms with van der Waals surface area (Å²) in [4.78, 5) is 16.1. The molecule has 22 heavy (non-hydrogen) atoms. The third-order valence-electron chi connectivity index (χ3n) is 3.01. The van der Waals surface area contributed by atoms with Gasteiger partial charge < -0.3 is 10.1 Å². The SMILES string of the molecule is CCOCCC(=O)NCc1csc(Cc2ccc(Cl)cc2)n1. The molecule has 1 aromatic heterocycles. The molecule has 0 bridgehead atoms. The van der Waals surface area contributed by atoms with E-state index in [0.717, 1.165) is 22.1 Å². The molecule has 4 nitrogen and oxygen atoms in total. The van der Waals surface area contributed by atoms with Gasteiger partial charge in [-0.3, -0.25) is 4.79 Å². The van der Waals surface area contributed by atoms with Crippen molar-refractivity contribution in [3.8, 4) is 0 Å². The van der Waals surface area contributed by atoms with Gasteiger partial charge in [0.05, 0.1) is 23.9 Å². The minimum Gasteiger partial charge on any atom is -0.381 e. The van der Waals surface area contributed by atoms with E-state index >= 15 is 0 Å². The Labute approximate surface area is 139 Å². The number of halogens is 1. The van der Waals surface area contributed by atoms with Crippen LogP contribution in [-0.4, -0.2) is 24.1 Å². The van der Waals surface area contributed by atoms with Gasteiger partial charge in [-0.05, 0) is 24.6 Å². The van der Waals surface area contributed by atoms with Crippen LogP contribution in [0.1, 0.15) is 29.6 Å². The summed E-state index contributed by atoms with van der Waals surface area (Å²) in [6.07, 6.45) is 1.16. The van der Waals surface area contributed by atoms with Crippen molar-refractivity contribution in [2.24, 2.45) is 0 Å². The minimum atomic E-state index is -0.0132. The first kappa shape index (κ1) is 16.9. The van der Waals surface area contributed by atoms with Crippen molar-refractivity contribution >= 4 is 28.8 Å². The van der Waals surface area contributed by atoms with Gasteiger partial charge in [0.15, 0.2) is 0 Å². The van der Waals surface area contributed by atoms with E-state index in [-0.39, 0.29) is 5.91 Å². The number of nitrogens with one attached hydrogen (secondary N) is 1. The van der Waals surface area contributed by atoms with Crippen LogP contribution < -0.4 is 5.32 Å². The number of rotatable bonds is 8. The smallest absolute Gasteiger partial charge is 0.222 e. The molecular formula is C16H19ClN2O2S. The van der Waals surface area contributed by atoms with Crippen molar-refractivity contribution in [1.29, 1.82) is 0 Å². The molecule has 0 saturated carbocycles. The van der Waals surface area contributed by atoms with Crippen molar-refractivity contribution in [2.45, 2.75) is 26.3 Å².